The van der Waals surface area contributed by atoms with E-state index in [1.165, 1.54) is 6.07 Å². The lowest BCUT2D eigenvalue weighted by Gasteiger charge is -2.12. The number of amides is 1. The summed E-state index contributed by atoms with van der Waals surface area (Å²) >= 11 is 0. The van der Waals surface area contributed by atoms with Crippen LogP contribution in [-0.2, 0) is 4.79 Å². The first-order valence-corrected chi connectivity index (χ1v) is 6.95. The van der Waals surface area contributed by atoms with Crippen molar-refractivity contribution in [1.29, 1.82) is 0 Å². The van der Waals surface area contributed by atoms with Gasteiger partial charge in [-0.05, 0) is 30.5 Å². The van der Waals surface area contributed by atoms with Crippen LogP contribution in [0.15, 0.2) is 12.1 Å². The molecule has 0 unspecified atom stereocenters. The predicted molar refractivity (Wildman–Crippen MR) is 83.5 cm³/mol. The summed E-state index contributed by atoms with van der Waals surface area (Å²) in [7, 11) is 0. The molecule has 1 aromatic rings. The minimum absolute atomic E-state index is 0.0261. The van der Waals surface area contributed by atoms with Crippen molar-refractivity contribution >= 4 is 23.3 Å². The van der Waals surface area contributed by atoms with E-state index in [9.17, 15) is 9.59 Å². The Morgan fingerprint density at radius 1 is 1.33 bits per heavy atom. The second kappa shape index (κ2) is 7.52. The molecule has 1 aromatic carbocycles. The van der Waals surface area contributed by atoms with Crippen LogP contribution in [0.1, 0.15) is 36.2 Å². The van der Waals surface area contributed by atoms with Crippen LogP contribution in [0.4, 0.5) is 11.4 Å². The molecule has 0 saturated heterocycles. The minimum Gasteiger partial charge on any atom is -0.478 e. The number of carbonyl (C=O) groups is 2. The molecule has 5 N–H and O–H groups in total. The van der Waals surface area contributed by atoms with Crippen LogP contribution in [0.2, 0.25) is 0 Å². The smallest absolute Gasteiger partial charge is 0.337 e. The van der Waals surface area contributed by atoms with Gasteiger partial charge < -0.3 is 21.5 Å². The lowest BCUT2D eigenvalue weighted by Crippen LogP contribution is -2.28. The molecule has 0 aliphatic carbocycles. The normalized spacial score (nSPS) is 10.5. The number of aromatic carboxylic acids is 1. The number of anilines is 2. The highest BCUT2D eigenvalue weighted by Crippen LogP contribution is 2.22. The van der Waals surface area contributed by atoms with Gasteiger partial charge in [0.05, 0.1) is 5.56 Å². The summed E-state index contributed by atoms with van der Waals surface area (Å²) in [5, 5.41) is 15.0. The number of carboxylic acid groups (broad SMARTS) is 1. The molecular formula is C15H23N3O3. The molecule has 0 atom stereocenters. The van der Waals surface area contributed by atoms with Crippen molar-refractivity contribution in [3.8, 4) is 0 Å². The molecule has 21 heavy (non-hydrogen) atoms. The Balaban J connectivity index is 2.56. The van der Waals surface area contributed by atoms with Gasteiger partial charge in [0.1, 0.15) is 0 Å². The van der Waals surface area contributed by atoms with Gasteiger partial charge in [0.25, 0.3) is 0 Å². The maximum absolute atomic E-state index is 11.6. The van der Waals surface area contributed by atoms with E-state index in [1.807, 2.05) is 13.8 Å². The van der Waals surface area contributed by atoms with Crippen molar-refractivity contribution in [2.24, 2.45) is 5.92 Å². The fraction of sp³-hybridized carbons (Fsp3) is 0.467. The van der Waals surface area contributed by atoms with Crippen LogP contribution in [0, 0.1) is 12.8 Å². The summed E-state index contributed by atoms with van der Waals surface area (Å²) in [5.41, 5.74) is 7.41. The number of aryl methyl sites for hydroxylation is 1. The van der Waals surface area contributed by atoms with Gasteiger partial charge in [-0.3, -0.25) is 4.79 Å². The van der Waals surface area contributed by atoms with Crippen molar-refractivity contribution in [2.75, 3.05) is 24.1 Å². The Morgan fingerprint density at radius 2 is 2.00 bits per heavy atom. The highest BCUT2D eigenvalue weighted by Gasteiger charge is 2.11. The maximum Gasteiger partial charge on any atom is 0.337 e. The average molecular weight is 293 g/mol. The van der Waals surface area contributed by atoms with Gasteiger partial charge in [-0.25, -0.2) is 4.79 Å². The zero-order valence-electron chi connectivity index (χ0n) is 12.7. The number of hydrogen-bond acceptors (Lipinski definition) is 4. The van der Waals surface area contributed by atoms with Gasteiger partial charge >= 0.3 is 5.97 Å². The molecule has 0 saturated carbocycles. The quantitative estimate of drug-likeness (QED) is 0.574. The Bertz CT molecular complexity index is 527. The Labute approximate surface area is 124 Å². The average Bonchev–Trinajstić information content (AvgIpc) is 2.39. The lowest BCUT2D eigenvalue weighted by molar-refractivity contribution is -0.120. The summed E-state index contributed by atoms with van der Waals surface area (Å²) in [6.45, 7) is 6.91. The van der Waals surface area contributed by atoms with Gasteiger partial charge in [-0.1, -0.05) is 13.8 Å². The second-order valence-electron chi connectivity index (χ2n) is 5.43. The molecule has 0 heterocycles. The zero-order valence-corrected chi connectivity index (χ0v) is 12.7. The molecule has 0 radical (unpaired) electrons. The van der Waals surface area contributed by atoms with Gasteiger partial charge in [0.15, 0.2) is 0 Å². The van der Waals surface area contributed by atoms with E-state index >= 15 is 0 Å². The maximum atomic E-state index is 11.6. The summed E-state index contributed by atoms with van der Waals surface area (Å²) in [4.78, 5) is 22.7. The van der Waals surface area contributed by atoms with Gasteiger partial charge in [-0.2, -0.15) is 0 Å². The van der Waals surface area contributed by atoms with Crippen LogP contribution in [0.5, 0.6) is 0 Å². The molecule has 0 fully saturated rings. The van der Waals surface area contributed by atoms with Crippen molar-refractivity contribution in [2.45, 2.75) is 27.2 Å². The highest BCUT2D eigenvalue weighted by atomic mass is 16.4. The second-order valence-corrected chi connectivity index (χ2v) is 5.43. The molecule has 6 heteroatoms. The van der Waals surface area contributed by atoms with Gasteiger partial charge in [0.2, 0.25) is 5.91 Å². The first-order valence-electron chi connectivity index (χ1n) is 6.95. The predicted octanol–water partition coefficient (Wildman–Crippen LogP) is 1.85. The Morgan fingerprint density at radius 3 is 2.57 bits per heavy atom. The largest absolute Gasteiger partial charge is 0.478 e. The van der Waals surface area contributed by atoms with Crippen LogP contribution in [0.25, 0.3) is 0 Å². The van der Waals surface area contributed by atoms with Crippen molar-refractivity contribution in [3.05, 3.63) is 23.3 Å². The fourth-order valence-electron chi connectivity index (χ4n) is 1.80. The number of nitrogen functional groups attached to an aromatic ring is 1. The van der Waals surface area contributed by atoms with E-state index in [2.05, 4.69) is 10.6 Å². The molecule has 116 valence electrons. The van der Waals surface area contributed by atoms with E-state index in [0.29, 0.717) is 36.7 Å². The number of benzene rings is 1. The molecule has 0 bridgehead atoms. The van der Waals surface area contributed by atoms with Crippen molar-refractivity contribution in [3.63, 3.8) is 0 Å². The summed E-state index contributed by atoms with van der Waals surface area (Å²) in [6, 6.07) is 3.25. The third-order valence-corrected chi connectivity index (χ3v) is 3.01. The fourth-order valence-corrected chi connectivity index (χ4v) is 1.80. The van der Waals surface area contributed by atoms with Crippen LogP contribution >= 0.6 is 0 Å². The van der Waals surface area contributed by atoms with Crippen LogP contribution < -0.4 is 16.4 Å². The first kappa shape index (κ1) is 16.8. The lowest BCUT2D eigenvalue weighted by atomic mass is 10.1. The molecule has 0 spiro atoms. The molecule has 0 aliphatic rings. The molecule has 0 aromatic heterocycles. The summed E-state index contributed by atoms with van der Waals surface area (Å²) in [6.07, 6.45) is 0.332. The molecule has 1 amide bonds. The number of rotatable bonds is 7. The monoisotopic (exact) mass is 293 g/mol. The number of carboxylic acids is 1. The van der Waals surface area contributed by atoms with Crippen molar-refractivity contribution in [1.82, 2.24) is 5.32 Å². The SMILES string of the molecule is Cc1cc(NCCC(=O)NCC(C)C)cc(C(=O)O)c1N. The van der Waals surface area contributed by atoms with Gasteiger partial charge in [0, 0.05) is 30.9 Å². The van der Waals surface area contributed by atoms with E-state index < -0.39 is 5.97 Å². The summed E-state index contributed by atoms with van der Waals surface area (Å²) in [5.74, 6) is -0.671. The summed E-state index contributed by atoms with van der Waals surface area (Å²) < 4.78 is 0. The molecule has 0 aliphatic heterocycles. The number of hydrogen-bond donors (Lipinski definition) is 4. The molecular weight excluding hydrogens is 270 g/mol. The number of nitrogens with one attached hydrogen (secondary N) is 2. The highest BCUT2D eigenvalue weighted by molar-refractivity contribution is 5.95. The Hall–Kier alpha value is -2.24. The van der Waals surface area contributed by atoms with E-state index in [0.717, 1.165) is 0 Å². The van der Waals surface area contributed by atoms with E-state index in [-0.39, 0.29) is 17.2 Å². The Kier molecular flexibility index (Phi) is 6.02. The molecule has 6 nitrogen and oxygen atoms in total. The van der Waals surface area contributed by atoms with Crippen LogP contribution in [-0.4, -0.2) is 30.1 Å². The number of carbonyl (C=O) groups excluding carboxylic acids is 1. The van der Waals surface area contributed by atoms with E-state index in [4.69, 9.17) is 10.8 Å². The minimum atomic E-state index is -1.06. The number of nitrogens with two attached hydrogens (primary N) is 1. The standard InChI is InChI=1S/C15H23N3O3/c1-9(2)8-18-13(19)4-5-17-11-6-10(3)14(16)12(7-11)15(20)21/h6-7,9,17H,4-5,8,16H2,1-3H3,(H,18,19)(H,20,21). The van der Waals surface area contributed by atoms with Gasteiger partial charge in [-0.15, -0.1) is 0 Å². The van der Waals surface area contributed by atoms with E-state index in [1.54, 1.807) is 13.0 Å². The van der Waals surface area contributed by atoms with Crippen molar-refractivity contribution < 1.29 is 14.7 Å². The third-order valence-electron chi connectivity index (χ3n) is 3.01. The third kappa shape index (κ3) is 5.33. The first-order chi connectivity index (χ1) is 9.81. The molecule has 1 rings (SSSR count). The zero-order chi connectivity index (χ0) is 16.0. The van der Waals surface area contributed by atoms with Crippen LogP contribution in [0.3, 0.4) is 0 Å². The topological polar surface area (TPSA) is 104 Å².